The zero-order valence-electron chi connectivity index (χ0n) is 10.7. The van der Waals surface area contributed by atoms with Crippen LogP contribution in [-0.4, -0.2) is 26.0 Å². The van der Waals surface area contributed by atoms with E-state index in [9.17, 15) is 13.2 Å². The van der Waals surface area contributed by atoms with Gasteiger partial charge in [0.2, 0.25) is 0 Å². The van der Waals surface area contributed by atoms with Crippen LogP contribution < -0.4 is 9.44 Å². The number of anilines is 1. The van der Waals surface area contributed by atoms with Crippen molar-refractivity contribution in [1.82, 2.24) is 4.72 Å². The van der Waals surface area contributed by atoms with Crippen molar-refractivity contribution in [3.05, 3.63) is 29.8 Å². The van der Waals surface area contributed by atoms with Crippen LogP contribution >= 0.6 is 0 Å². The molecule has 0 unspecified atom stereocenters. The molecule has 0 aromatic heterocycles. The molecular formula is C12H18N2O4S. The van der Waals surface area contributed by atoms with Gasteiger partial charge in [0.25, 0.3) is 10.2 Å². The molecule has 0 bridgehead atoms. The van der Waals surface area contributed by atoms with Crippen molar-refractivity contribution in [3.8, 4) is 0 Å². The Bertz CT molecular complexity index is 528. The van der Waals surface area contributed by atoms with Crippen molar-refractivity contribution >= 4 is 21.9 Å². The Balaban J connectivity index is 2.80. The van der Waals surface area contributed by atoms with Crippen LogP contribution in [0.3, 0.4) is 0 Å². The number of carboxylic acids is 1. The fourth-order valence-electron chi connectivity index (χ4n) is 1.50. The normalized spacial score (nSPS) is 11.2. The van der Waals surface area contributed by atoms with Crippen molar-refractivity contribution in [3.63, 3.8) is 0 Å². The molecule has 1 aromatic carbocycles. The van der Waals surface area contributed by atoms with E-state index in [4.69, 9.17) is 5.11 Å². The molecule has 6 nitrogen and oxygen atoms in total. The highest BCUT2D eigenvalue weighted by Crippen LogP contribution is 2.17. The van der Waals surface area contributed by atoms with E-state index in [0.29, 0.717) is 24.2 Å². The molecule has 3 N–H and O–H groups in total. The van der Waals surface area contributed by atoms with Gasteiger partial charge in [-0.1, -0.05) is 25.1 Å². The first-order chi connectivity index (χ1) is 8.94. The number of nitrogens with one attached hydrogen (secondary N) is 2. The number of rotatable bonds is 8. The second kappa shape index (κ2) is 7.10. The van der Waals surface area contributed by atoms with Gasteiger partial charge in [-0.15, -0.1) is 0 Å². The van der Waals surface area contributed by atoms with Crippen LogP contribution in [0.4, 0.5) is 5.69 Å². The molecule has 0 saturated heterocycles. The third-order valence-electron chi connectivity index (χ3n) is 2.41. The molecular weight excluding hydrogens is 268 g/mol. The van der Waals surface area contributed by atoms with E-state index < -0.39 is 16.2 Å². The third-order valence-corrected chi connectivity index (χ3v) is 3.48. The molecule has 0 radical (unpaired) electrons. The quantitative estimate of drug-likeness (QED) is 0.672. The molecule has 0 saturated carbocycles. The lowest BCUT2D eigenvalue weighted by atomic mass is 10.1. The summed E-state index contributed by atoms with van der Waals surface area (Å²) in [5.41, 5.74) is 1.07. The zero-order valence-corrected chi connectivity index (χ0v) is 11.5. The van der Waals surface area contributed by atoms with Gasteiger partial charge >= 0.3 is 5.97 Å². The van der Waals surface area contributed by atoms with Crippen molar-refractivity contribution in [2.24, 2.45) is 0 Å². The zero-order chi connectivity index (χ0) is 14.3. The number of benzene rings is 1. The van der Waals surface area contributed by atoms with E-state index in [0.717, 1.165) is 0 Å². The maximum Gasteiger partial charge on any atom is 0.303 e. The lowest BCUT2D eigenvalue weighted by molar-refractivity contribution is -0.136. The lowest BCUT2D eigenvalue weighted by Crippen LogP contribution is -2.31. The molecule has 0 fully saturated rings. The maximum atomic E-state index is 11.7. The minimum Gasteiger partial charge on any atom is -0.481 e. The monoisotopic (exact) mass is 286 g/mol. The van der Waals surface area contributed by atoms with Crippen LogP contribution in [0, 0.1) is 0 Å². The lowest BCUT2D eigenvalue weighted by Gasteiger charge is -2.12. The molecule has 1 rings (SSSR count). The van der Waals surface area contributed by atoms with Crippen LogP contribution in [0.25, 0.3) is 0 Å². The summed E-state index contributed by atoms with van der Waals surface area (Å²) in [6.07, 6.45) is 0.935. The largest absolute Gasteiger partial charge is 0.481 e. The van der Waals surface area contributed by atoms with E-state index >= 15 is 0 Å². The molecule has 0 heterocycles. The van der Waals surface area contributed by atoms with Crippen LogP contribution in [0.5, 0.6) is 0 Å². The topological polar surface area (TPSA) is 95.5 Å². The number of aryl methyl sites for hydroxylation is 1. The van der Waals surface area contributed by atoms with Gasteiger partial charge in [0, 0.05) is 13.0 Å². The molecule has 106 valence electrons. The number of hydrogen-bond acceptors (Lipinski definition) is 3. The van der Waals surface area contributed by atoms with Crippen molar-refractivity contribution in [2.45, 2.75) is 26.2 Å². The summed E-state index contributed by atoms with van der Waals surface area (Å²) in [5.74, 6) is -0.915. The van der Waals surface area contributed by atoms with Crippen LogP contribution in [0.15, 0.2) is 24.3 Å². The van der Waals surface area contributed by atoms with Gasteiger partial charge in [-0.25, -0.2) is 0 Å². The Morgan fingerprint density at radius 3 is 2.63 bits per heavy atom. The summed E-state index contributed by atoms with van der Waals surface area (Å²) in [6.45, 7) is 2.22. The van der Waals surface area contributed by atoms with Crippen molar-refractivity contribution in [1.29, 1.82) is 0 Å². The highest BCUT2D eigenvalue weighted by molar-refractivity contribution is 7.90. The molecule has 0 aliphatic carbocycles. The van der Waals surface area contributed by atoms with Gasteiger partial charge in [-0.3, -0.25) is 9.52 Å². The molecule has 0 aliphatic heterocycles. The summed E-state index contributed by atoms with van der Waals surface area (Å²) in [7, 11) is -3.61. The Kier molecular flexibility index (Phi) is 5.78. The standard InChI is InChI=1S/C12H18N2O4S/c1-2-9-13-19(17,18)14-11-6-4-3-5-10(11)7-8-12(15)16/h3-6,13-14H,2,7-9H2,1H3,(H,15,16). The first-order valence-electron chi connectivity index (χ1n) is 6.01. The number of hydrogen-bond donors (Lipinski definition) is 3. The van der Waals surface area contributed by atoms with Crippen LogP contribution in [-0.2, 0) is 21.4 Å². The summed E-state index contributed by atoms with van der Waals surface area (Å²) in [5, 5.41) is 8.66. The summed E-state index contributed by atoms with van der Waals surface area (Å²) in [4.78, 5) is 10.6. The Morgan fingerprint density at radius 1 is 1.32 bits per heavy atom. The Morgan fingerprint density at radius 2 is 2.00 bits per heavy atom. The highest BCUT2D eigenvalue weighted by Gasteiger charge is 2.11. The van der Waals surface area contributed by atoms with Gasteiger partial charge in [-0.05, 0) is 24.5 Å². The summed E-state index contributed by atoms with van der Waals surface area (Å²) >= 11 is 0. The summed E-state index contributed by atoms with van der Waals surface area (Å²) < 4.78 is 28.2. The van der Waals surface area contributed by atoms with E-state index in [-0.39, 0.29) is 12.8 Å². The van der Waals surface area contributed by atoms with Gasteiger partial charge in [0.05, 0.1) is 5.69 Å². The number of aliphatic carboxylic acids is 1. The SMILES string of the molecule is CCCNS(=O)(=O)Nc1ccccc1CCC(=O)O. The average Bonchev–Trinajstić information content (AvgIpc) is 2.35. The molecule has 0 amide bonds. The van der Waals surface area contributed by atoms with E-state index in [1.54, 1.807) is 24.3 Å². The Hall–Kier alpha value is -1.60. The van der Waals surface area contributed by atoms with Crippen LogP contribution in [0.1, 0.15) is 25.3 Å². The summed E-state index contributed by atoms with van der Waals surface area (Å²) in [6, 6.07) is 6.76. The third kappa shape index (κ3) is 5.71. The highest BCUT2D eigenvalue weighted by atomic mass is 32.2. The second-order valence-corrected chi connectivity index (χ2v) is 5.55. The number of carbonyl (C=O) groups is 1. The van der Waals surface area contributed by atoms with Gasteiger partial charge in [-0.2, -0.15) is 13.1 Å². The maximum absolute atomic E-state index is 11.7. The molecule has 0 atom stereocenters. The average molecular weight is 286 g/mol. The first-order valence-corrected chi connectivity index (χ1v) is 7.50. The van der Waals surface area contributed by atoms with Gasteiger partial charge in [0.15, 0.2) is 0 Å². The van der Waals surface area contributed by atoms with Crippen molar-refractivity contribution in [2.75, 3.05) is 11.3 Å². The van der Waals surface area contributed by atoms with E-state index in [2.05, 4.69) is 9.44 Å². The molecule has 0 spiro atoms. The predicted octanol–water partition coefficient (Wildman–Crippen LogP) is 1.36. The minimum absolute atomic E-state index is 0.0405. The second-order valence-electron chi connectivity index (χ2n) is 4.05. The number of para-hydroxylation sites is 1. The molecule has 19 heavy (non-hydrogen) atoms. The first kappa shape index (κ1) is 15.5. The van der Waals surface area contributed by atoms with Crippen molar-refractivity contribution < 1.29 is 18.3 Å². The van der Waals surface area contributed by atoms with Gasteiger partial charge in [0.1, 0.15) is 0 Å². The van der Waals surface area contributed by atoms with Crippen LogP contribution in [0.2, 0.25) is 0 Å². The molecule has 1 aromatic rings. The number of carboxylic acid groups (broad SMARTS) is 1. The van der Waals surface area contributed by atoms with E-state index in [1.807, 2.05) is 6.92 Å². The molecule has 0 aliphatic rings. The predicted molar refractivity (Wildman–Crippen MR) is 73.2 cm³/mol. The van der Waals surface area contributed by atoms with E-state index in [1.165, 1.54) is 0 Å². The smallest absolute Gasteiger partial charge is 0.303 e. The fourth-order valence-corrected chi connectivity index (χ4v) is 2.53. The Labute approximate surface area is 113 Å². The minimum atomic E-state index is -3.61. The van der Waals surface area contributed by atoms with Gasteiger partial charge < -0.3 is 5.11 Å². The fraction of sp³-hybridized carbons (Fsp3) is 0.417. The molecule has 7 heteroatoms.